The van der Waals surface area contributed by atoms with Gasteiger partial charge in [-0.1, -0.05) is 30.4 Å². The molecular formula is C24H18N4O11S3. The first-order chi connectivity index (χ1) is 19.4. The van der Waals surface area contributed by atoms with Crippen molar-refractivity contribution in [3.63, 3.8) is 0 Å². The molecule has 4 rings (SSSR count). The van der Waals surface area contributed by atoms with Crippen molar-refractivity contribution in [1.82, 2.24) is 0 Å². The number of hydrogen-bond acceptors (Lipinski definition) is 11. The fourth-order valence-electron chi connectivity index (χ4n) is 3.81. The molecule has 4 aromatic rings. The summed E-state index contributed by atoms with van der Waals surface area (Å²) in [5.41, 5.74) is 5.20. The van der Waals surface area contributed by atoms with E-state index >= 15 is 0 Å². The van der Waals surface area contributed by atoms with Gasteiger partial charge in [-0.3, -0.25) is 23.8 Å². The van der Waals surface area contributed by atoms with Crippen molar-refractivity contribution in [2.75, 3.05) is 5.73 Å². The monoisotopic (exact) mass is 634 g/mol. The molecule has 0 aliphatic rings. The largest absolute Gasteiger partial charge is 0.397 e. The number of nitro benzene ring substituents is 1. The van der Waals surface area contributed by atoms with E-state index in [0.29, 0.717) is 16.8 Å². The van der Waals surface area contributed by atoms with Crippen molar-refractivity contribution >= 4 is 76.0 Å². The Bertz CT molecular complexity index is 2160. The number of non-ortho nitro benzene ring substituents is 1. The van der Waals surface area contributed by atoms with Gasteiger partial charge in [0.25, 0.3) is 36.0 Å². The molecule has 0 radical (unpaired) electrons. The van der Waals surface area contributed by atoms with E-state index in [0.717, 1.165) is 36.4 Å². The third-order valence-electron chi connectivity index (χ3n) is 5.76. The smallest absolute Gasteiger partial charge is 0.295 e. The first-order valence-corrected chi connectivity index (χ1v) is 15.5. The molecule has 0 unspecified atom stereocenters. The first kappa shape index (κ1) is 30.4. The number of rotatable bonds is 8. The van der Waals surface area contributed by atoms with Gasteiger partial charge < -0.3 is 5.73 Å². The van der Waals surface area contributed by atoms with Crippen LogP contribution in [0.1, 0.15) is 11.1 Å². The van der Waals surface area contributed by atoms with Crippen LogP contribution in [0.4, 0.5) is 22.7 Å². The number of nitrogens with two attached hydrogens (primary N) is 1. The summed E-state index contributed by atoms with van der Waals surface area (Å²) < 4.78 is 99.3. The quantitative estimate of drug-likeness (QED) is 0.0515. The maximum atomic E-state index is 12.1. The standard InChI is InChI=1S/C24H18N4O11S3/c25-21-10-5-16-11-19(40(31,32)33)8-9-20(16)24(21)27-26-17-6-3-14(22(12-17)41(34,35)36)1-2-15-4-7-18(28(29)30)13-23(15)42(37,38)39/h1-13H,25H2,(H,31,32,33)(H,34,35,36)(H,37,38,39)/b2-1-,27-26?. The summed E-state index contributed by atoms with van der Waals surface area (Å²) in [6, 6.07) is 12.7. The normalized spacial score (nSPS) is 12.8. The number of anilines is 1. The van der Waals surface area contributed by atoms with Crippen LogP contribution in [0, 0.1) is 10.1 Å². The van der Waals surface area contributed by atoms with Crippen molar-refractivity contribution in [2.45, 2.75) is 14.7 Å². The van der Waals surface area contributed by atoms with Crippen LogP contribution in [0.25, 0.3) is 22.9 Å². The van der Waals surface area contributed by atoms with Gasteiger partial charge in [0.15, 0.2) is 0 Å². The van der Waals surface area contributed by atoms with Gasteiger partial charge in [-0.25, -0.2) is 0 Å². The molecule has 0 bridgehead atoms. The van der Waals surface area contributed by atoms with Crippen LogP contribution >= 0.6 is 0 Å². The number of nitro groups is 1. The Balaban J connectivity index is 1.76. The summed E-state index contributed by atoms with van der Waals surface area (Å²) in [6.45, 7) is 0. The Morgan fingerprint density at radius 3 is 1.88 bits per heavy atom. The molecule has 0 amide bonds. The molecule has 0 aliphatic carbocycles. The predicted molar refractivity (Wildman–Crippen MR) is 150 cm³/mol. The van der Waals surface area contributed by atoms with Gasteiger partial charge >= 0.3 is 0 Å². The van der Waals surface area contributed by atoms with E-state index in [1.807, 2.05) is 0 Å². The molecular weight excluding hydrogens is 616 g/mol. The van der Waals surface area contributed by atoms with Crippen LogP contribution in [0.5, 0.6) is 0 Å². The van der Waals surface area contributed by atoms with Crippen molar-refractivity contribution in [2.24, 2.45) is 10.2 Å². The van der Waals surface area contributed by atoms with Gasteiger partial charge in [-0.2, -0.15) is 30.4 Å². The Kier molecular flexibility index (Phi) is 7.96. The molecule has 4 aromatic carbocycles. The van der Waals surface area contributed by atoms with Gasteiger partial charge in [0.2, 0.25) is 0 Å². The molecule has 15 nitrogen and oxygen atoms in total. The number of azo groups is 1. The second kappa shape index (κ2) is 11.0. The lowest BCUT2D eigenvalue weighted by molar-refractivity contribution is -0.385. The highest BCUT2D eigenvalue weighted by Gasteiger charge is 2.20. The number of nitrogen functional groups attached to an aromatic ring is 1. The highest BCUT2D eigenvalue weighted by Crippen LogP contribution is 2.35. The SMILES string of the molecule is Nc1ccc2cc(S(=O)(=O)O)ccc2c1N=Nc1ccc(/C=C\c2ccc([N+](=O)[O-])cc2S(=O)(=O)O)c(S(=O)(=O)O)c1. The second-order valence-corrected chi connectivity index (χ2v) is 12.7. The minimum Gasteiger partial charge on any atom is -0.397 e. The molecule has 0 aromatic heterocycles. The predicted octanol–water partition coefficient (Wildman–Crippen LogP) is 4.66. The molecule has 218 valence electrons. The summed E-state index contributed by atoms with van der Waals surface area (Å²) >= 11 is 0. The molecule has 0 aliphatic heterocycles. The van der Waals surface area contributed by atoms with Gasteiger partial charge in [0.05, 0.1) is 21.2 Å². The number of hydrogen-bond donors (Lipinski definition) is 4. The zero-order chi connectivity index (χ0) is 31.0. The molecule has 0 atom stereocenters. The molecule has 42 heavy (non-hydrogen) atoms. The lowest BCUT2D eigenvalue weighted by Crippen LogP contribution is -2.02. The molecule has 0 spiro atoms. The minimum atomic E-state index is -4.90. The summed E-state index contributed by atoms with van der Waals surface area (Å²) in [5.74, 6) is 0. The molecule has 0 saturated heterocycles. The van der Waals surface area contributed by atoms with E-state index in [1.54, 1.807) is 0 Å². The maximum absolute atomic E-state index is 12.1. The van der Waals surface area contributed by atoms with Gasteiger partial charge in [-0.05, 0) is 52.9 Å². The van der Waals surface area contributed by atoms with Crippen LogP contribution in [0.2, 0.25) is 0 Å². The Morgan fingerprint density at radius 1 is 0.714 bits per heavy atom. The number of fused-ring (bicyclic) bond motifs is 1. The van der Waals surface area contributed by atoms with Crippen LogP contribution in [-0.2, 0) is 30.4 Å². The topological polar surface area (TPSA) is 257 Å². The zero-order valence-corrected chi connectivity index (χ0v) is 23.2. The van der Waals surface area contributed by atoms with Gasteiger partial charge in [-0.15, -0.1) is 5.11 Å². The lowest BCUT2D eigenvalue weighted by Gasteiger charge is -2.07. The second-order valence-electron chi connectivity index (χ2n) is 8.55. The first-order valence-electron chi connectivity index (χ1n) is 11.2. The average molecular weight is 635 g/mol. The van der Waals surface area contributed by atoms with Crippen molar-refractivity contribution in [3.8, 4) is 0 Å². The zero-order valence-electron chi connectivity index (χ0n) is 20.8. The van der Waals surface area contributed by atoms with Crippen molar-refractivity contribution in [1.29, 1.82) is 0 Å². The van der Waals surface area contributed by atoms with Crippen molar-refractivity contribution < 1.29 is 43.8 Å². The van der Waals surface area contributed by atoms with Gasteiger partial charge in [0, 0.05) is 17.5 Å². The molecule has 18 heteroatoms. The maximum Gasteiger partial charge on any atom is 0.295 e. The summed E-state index contributed by atoms with van der Waals surface area (Å²) in [4.78, 5) is 8.31. The highest BCUT2D eigenvalue weighted by atomic mass is 32.2. The fraction of sp³-hybridized carbons (Fsp3) is 0. The van der Waals surface area contributed by atoms with E-state index in [-0.39, 0.29) is 33.1 Å². The number of benzene rings is 4. The van der Waals surface area contributed by atoms with Gasteiger partial charge in [0.1, 0.15) is 15.5 Å². The van der Waals surface area contributed by atoms with E-state index in [1.165, 1.54) is 36.4 Å². The van der Waals surface area contributed by atoms with Crippen LogP contribution in [0.3, 0.4) is 0 Å². The van der Waals surface area contributed by atoms with E-state index in [2.05, 4.69) is 10.2 Å². The average Bonchev–Trinajstić information content (AvgIpc) is 2.89. The fourth-order valence-corrected chi connectivity index (χ4v) is 5.73. The van der Waals surface area contributed by atoms with E-state index in [9.17, 15) is 49.0 Å². The third-order valence-corrected chi connectivity index (χ3v) is 8.43. The molecule has 5 N–H and O–H groups in total. The Morgan fingerprint density at radius 2 is 1.31 bits per heavy atom. The highest BCUT2D eigenvalue weighted by molar-refractivity contribution is 7.86. The third kappa shape index (κ3) is 6.65. The number of nitrogens with zero attached hydrogens (tertiary/aromatic N) is 3. The van der Waals surface area contributed by atoms with E-state index < -0.39 is 50.8 Å². The minimum absolute atomic E-state index is 0.0697. The lowest BCUT2D eigenvalue weighted by atomic mass is 10.1. The van der Waals surface area contributed by atoms with Crippen molar-refractivity contribution in [3.05, 3.63) is 88.0 Å². The van der Waals surface area contributed by atoms with E-state index in [4.69, 9.17) is 5.73 Å². The molecule has 0 saturated carbocycles. The Hall–Kier alpha value is -4.59. The van der Waals surface area contributed by atoms with Crippen LogP contribution in [-0.4, -0.2) is 43.8 Å². The van der Waals surface area contributed by atoms with Crippen LogP contribution in [0.15, 0.2) is 91.6 Å². The Labute approximate surface area is 238 Å². The summed E-state index contributed by atoms with van der Waals surface area (Å²) in [6.07, 6.45) is 2.16. The molecule has 0 fully saturated rings. The van der Waals surface area contributed by atoms with Crippen LogP contribution < -0.4 is 5.73 Å². The molecule has 0 heterocycles. The summed E-state index contributed by atoms with van der Waals surface area (Å²) in [7, 11) is -14.3. The summed E-state index contributed by atoms with van der Waals surface area (Å²) in [5, 5.41) is 19.7.